The van der Waals surface area contributed by atoms with Crippen LogP contribution in [0.25, 0.3) is 6.08 Å². The summed E-state index contributed by atoms with van der Waals surface area (Å²) in [5.41, 5.74) is 6.68. The number of thioether (sulfide) groups is 1. The topological polar surface area (TPSA) is 41.9 Å². The number of nitrogens with zero attached hydrogens (tertiary/aromatic N) is 2. The molecule has 0 aromatic heterocycles. The van der Waals surface area contributed by atoms with E-state index in [1.165, 1.54) is 17.3 Å². The van der Waals surface area contributed by atoms with E-state index in [0.717, 1.165) is 28.1 Å². The molecule has 0 radical (unpaired) electrons. The molecule has 1 saturated heterocycles. The van der Waals surface area contributed by atoms with Crippen LogP contribution in [0.15, 0.2) is 94.8 Å². The number of carbonyl (C=O) groups excluding carboxylic acids is 1. The fourth-order valence-corrected chi connectivity index (χ4v) is 5.61. The number of benzene rings is 4. The summed E-state index contributed by atoms with van der Waals surface area (Å²) in [6, 6.07) is 27.3. The Kier molecular flexibility index (Phi) is 8.12. The standard InChI is InChI=1S/C32H26Cl2N2O2S/c1-20-4-10-23(11-5-20)19-38-30-27(33)16-24(17-28(30)34)18-29-31(37)36(26-14-8-22(3)9-15-26)32(39-29)35-25-12-6-21(2)7-13-25/h4-18H,19H2,1-3H3/b29-18-,35-32?. The number of anilines is 1. The highest BCUT2D eigenvalue weighted by atomic mass is 35.5. The van der Waals surface area contributed by atoms with Crippen LogP contribution in [0.3, 0.4) is 0 Å². The highest BCUT2D eigenvalue weighted by molar-refractivity contribution is 8.19. The number of halogens is 2. The smallest absolute Gasteiger partial charge is 0.271 e. The number of aryl methyl sites for hydroxylation is 3. The van der Waals surface area contributed by atoms with Crippen LogP contribution < -0.4 is 9.64 Å². The molecule has 0 atom stereocenters. The highest BCUT2D eigenvalue weighted by Gasteiger charge is 2.34. The molecular weight excluding hydrogens is 547 g/mol. The van der Waals surface area contributed by atoms with Gasteiger partial charge in [0.05, 0.1) is 26.3 Å². The SMILES string of the molecule is Cc1ccc(COc2c(Cl)cc(/C=C3\SC(=Nc4ccc(C)cc4)N(c4ccc(C)cc4)C3=O)cc2Cl)cc1. The van der Waals surface area contributed by atoms with Crippen molar-refractivity contribution in [1.82, 2.24) is 0 Å². The van der Waals surface area contributed by atoms with Gasteiger partial charge in [0.15, 0.2) is 10.9 Å². The lowest BCUT2D eigenvalue weighted by Gasteiger charge is -2.16. The Hall–Kier alpha value is -3.51. The number of hydrogen-bond donors (Lipinski definition) is 0. The summed E-state index contributed by atoms with van der Waals surface area (Å²) >= 11 is 14.5. The number of amides is 1. The molecule has 0 aliphatic carbocycles. The van der Waals surface area contributed by atoms with Crippen molar-refractivity contribution in [2.75, 3.05) is 4.90 Å². The lowest BCUT2D eigenvalue weighted by molar-refractivity contribution is -0.113. The van der Waals surface area contributed by atoms with Crippen molar-refractivity contribution in [2.45, 2.75) is 27.4 Å². The molecule has 1 heterocycles. The summed E-state index contributed by atoms with van der Waals surface area (Å²) in [7, 11) is 0. The van der Waals surface area contributed by atoms with E-state index < -0.39 is 0 Å². The predicted octanol–water partition coefficient (Wildman–Crippen LogP) is 9.31. The second kappa shape index (κ2) is 11.7. The highest BCUT2D eigenvalue weighted by Crippen LogP contribution is 2.40. The van der Waals surface area contributed by atoms with Crippen LogP contribution in [-0.2, 0) is 11.4 Å². The Morgan fingerprint density at radius 1 is 0.821 bits per heavy atom. The van der Waals surface area contributed by atoms with Gasteiger partial charge in [-0.15, -0.1) is 0 Å². The van der Waals surface area contributed by atoms with Crippen LogP contribution in [0.5, 0.6) is 5.75 Å². The lowest BCUT2D eigenvalue weighted by atomic mass is 10.1. The summed E-state index contributed by atoms with van der Waals surface area (Å²) in [4.78, 5) is 20.6. The number of rotatable bonds is 6. The molecule has 1 amide bonds. The van der Waals surface area contributed by atoms with Crippen molar-refractivity contribution in [3.8, 4) is 5.75 Å². The van der Waals surface area contributed by atoms with Crippen molar-refractivity contribution in [3.63, 3.8) is 0 Å². The maximum absolute atomic E-state index is 13.6. The Labute approximate surface area is 242 Å². The number of ether oxygens (including phenoxy) is 1. The second-order valence-corrected chi connectivity index (χ2v) is 11.2. The largest absolute Gasteiger partial charge is 0.486 e. The molecule has 0 saturated carbocycles. The van der Waals surface area contributed by atoms with Gasteiger partial charge in [-0.25, -0.2) is 4.99 Å². The molecule has 1 fully saturated rings. The molecular formula is C32H26Cl2N2O2S. The molecule has 1 aliphatic heterocycles. The molecule has 5 rings (SSSR count). The van der Waals surface area contributed by atoms with E-state index in [2.05, 4.69) is 0 Å². The third-order valence-electron chi connectivity index (χ3n) is 6.18. The molecule has 0 N–H and O–H groups in total. The van der Waals surface area contributed by atoms with Crippen LogP contribution in [0, 0.1) is 20.8 Å². The molecule has 4 aromatic rings. The van der Waals surface area contributed by atoms with E-state index in [9.17, 15) is 4.79 Å². The van der Waals surface area contributed by atoms with E-state index in [-0.39, 0.29) is 5.91 Å². The molecule has 4 nitrogen and oxygen atoms in total. The van der Waals surface area contributed by atoms with Gasteiger partial charge in [-0.2, -0.15) is 0 Å². The third kappa shape index (κ3) is 6.39. The number of amidine groups is 1. The van der Waals surface area contributed by atoms with E-state index >= 15 is 0 Å². The van der Waals surface area contributed by atoms with Crippen molar-refractivity contribution < 1.29 is 9.53 Å². The minimum absolute atomic E-state index is 0.165. The zero-order valence-electron chi connectivity index (χ0n) is 21.7. The summed E-state index contributed by atoms with van der Waals surface area (Å²) in [6.07, 6.45) is 1.79. The van der Waals surface area contributed by atoms with Gasteiger partial charge in [0, 0.05) is 0 Å². The number of carbonyl (C=O) groups is 1. The first-order valence-electron chi connectivity index (χ1n) is 12.4. The van der Waals surface area contributed by atoms with Gasteiger partial charge in [-0.1, -0.05) is 88.4 Å². The Morgan fingerprint density at radius 2 is 1.36 bits per heavy atom. The van der Waals surface area contributed by atoms with Crippen molar-refractivity contribution in [1.29, 1.82) is 0 Å². The fraction of sp³-hybridized carbons (Fsp3) is 0.125. The van der Waals surface area contributed by atoms with E-state index in [1.807, 2.05) is 93.6 Å². The zero-order valence-corrected chi connectivity index (χ0v) is 24.1. The van der Waals surface area contributed by atoms with Crippen molar-refractivity contribution >= 4 is 63.5 Å². The third-order valence-corrected chi connectivity index (χ3v) is 7.71. The molecule has 4 aromatic carbocycles. The lowest BCUT2D eigenvalue weighted by Crippen LogP contribution is -2.28. The van der Waals surface area contributed by atoms with Crippen LogP contribution in [0.2, 0.25) is 10.0 Å². The van der Waals surface area contributed by atoms with Crippen molar-refractivity contribution in [2.24, 2.45) is 4.99 Å². The molecule has 0 spiro atoms. The van der Waals surface area contributed by atoms with Crippen molar-refractivity contribution in [3.05, 3.63) is 128 Å². The van der Waals surface area contributed by atoms with Gasteiger partial charge in [0.1, 0.15) is 6.61 Å². The summed E-state index contributed by atoms with van der Waals surface area (Å²) in [5.74, 6) is 0.246. The maximum Gasteiger partial charge on any atom is 0.271 e. The van der Waals surface area contributed by atoms with Gasteiger partial charge in [0.2, 0.25) is 0 Å². The minimum atomic E-state index is -0.165. The van der Waals surface area contributed by atoms with Gasteiger partial charge < -0.3 is 4.74 Å². The molecule has 196 valence electrons. The Bertz CT molecular complexity index is 1560. The second-order valence-electron chi connectivity index (χ2n) is 9.40. The summed E-state index contributed by atoms with van der Waals surface area (Å²) in [5, 5.41) is 1.33. The quantitative estimate of drug-likeness (QED) is 0.216. The van der Waals surface area contributed by atoms with Gasteiger partial charge in [-0.3, -0.25) is 9.69 Å². The Balaban J connectivity index is 1.44. The monoisotopic (exact) mass is 572 g/mol. The first-order valence-corrected chi connectivity index (χ1v) is 14.0. The van der Waals surface area contributed by atoms with E-state index in [1.54, 1.807) is 23.1 Å². The predicted molar refractivity (Wildman–Crippen MR) is 164 cm³/mol. The molecule has 7 heteroatoms. The average molecular weight is 574 g/mol. The van der Waals surface area contributed by atoms with E-state index in [4.69, 9.17) is 32.9 Å². The maximum atomic E-state index is 13.6. The van der Waals surface area contributed by atoms with E-state index in [0.29, 0.717) is 38.0 Å². The fourth-order valence-electron chi connectivity index (χ4n) is 3.99. The number of aliphatic imine (C=N–C) groups is 1. The Morgan fingerprint density at radius 3 is 1.95 bits per heavy atom. The molecule has 39 heavy (non-hydrogen) atoms. The average Bonchev–Trinajstić information content (AvgIpc) is 3.20. The van der Waals surface area contributed by atoms with Gasteiger partial charge >= 0.3 is 0 Å². The summed E-state index contributed by atoms with van der Waals surface area (Å²) < 4.78 is 5.93. The molecule has 0 unspecified atom stereocenters. The van der Waals surface area contributed by atoms with Crippen LogP contribution in [0.1, 0.15) is 27.8 Å². The normalized spacial score (nSPS) is 15.4. The minimum Gasteiger partial charge on any atom is -0.486 e. The van der Waals surface area contributed by atoms with Gasteiger partial charge in [0.25, 0.3) is 5.91 Å². The summed E-state index contributed by atoms with van der Waals surface area (Å²) in [6.45, 7) is 6.42. The van der Waals surface area contributed by atoms with Gasteiger partial charge in [-0.05, 0) is 86.1 Å². The van der Waals surface area contributed by atoms with Crippen LogP contribution in [0.4, 0.5) is 11.4 Å². The van der Waals surface area contributed by atoms with Crippen LogP contribution >= 0.6 is 35.0 Å². The number of hydrogen-bond acceptors (Lipinski definition) is 4. The first kappa shape index (κ1) is 27.1. The molecule has 1 aliphatic rings. The zero-order chi connectivity index (χ0) is 27.5. The first-order chi connectivity index (χ1) is 18.8. The molecule has 0 bridgehead atoms. The van der Waals surface area contributed by atoms with Crippen LogP contribution in [-0.4, -0.2) is 11.1 Å².